The van der Waals surface area contributed by atoms with Crippen LogP contribution in [0.3, 0.4) is 0 Å². The molecule has 1 N–H and O–H groups in total. The molecular weight excluding hydrogens is 305 g/mol. The standard InChI is InChI=1S/C17H17Cl2NO/c18-14-6-5-12(16(19)9-14)7-8-20-17-11-21-10-13-3-1-2-4-15(13)17/h1-6,9,17,20H,7-8,10-11H2. The van der Waals surface area contributed by atoms with E-state index in [1.807, 2.05) is 12.1 Å². The van der Waals surface area contributed by atoms with Crippen molar-refractivity contribution in [2.75, 3.05) is 13.2 Å². The minimum atomic E-state index is 0.251. The van der Waals surface area contributed by atoms with Crippen molar-refractivity contribution in [1.82, 2.24) is 5.32 Å². The number of benzene rings is 2. The van der Waals surface area contributed by atoms with Crippen LogP contribution in [0.5, 0.6) is 0 Å². The average molecular weight is 322 g/mol. The Morgan fingerprint density at radius 1 is 1.14 bits per heavy atom. The van der Waals surface area contributed by atoms with E-state index in [-0.39, 0.29) is 6.04 Å². The lowest BCUT2D eigenvalue weighted by atomic mass is 9.99. The van der Waals surface area contributed by atoms with Gasteiger partial charge in [0.05, 0.1) is 19.3 Å². The van der Waals surface area contributed by atoms with Crippen LogP contribution in [0.4, 0.5) is 0 Å². The van der Waals surface area contributed by atoms with Crippen molar-refractivity contribution in [3.8, 4) is 0 Å². The summed E-state index contributed by atoms with van der Waals surface area (Å²) in [5.74, 6) is 0. The average Bonchev–Trinajstić information content (AvgIpc) is 2.50. The van der Waals surface area contributed by atoms with E-state index >= 15 is 0 Å². The van der Waals surface area contributed by atoms with Crippen molar-refractivity contribution < 1.29 is 4.74 Å². The number of rotatable bonds is 4. The molecule has 1 atom stereocenters. The molecule has 0 spiro atoms. The molecular formula is C17H17Cl2NO. The maximum Gasteiger partial charge on any atom is 0.0721 e. The molecule has 0 aliphatic carbocycles. The zero-order valence-corrected chi connectivity index (χ0v) is 13.1. The lowest BCUT2D eigenvalue weighted by molar-refractivity contribution is 0.0824. The van der Waals surface area contributed by atoms with Crippen LogP contribution >= 0.6 is 23.2 Å². The fourth-order valence-corrected chi connectivity index (χ4v) is 3.16. The molecule has 1 heterocycles. The van der Waals surface area contributed by atoms with Crippen molar-refractivity contribution in [3.05, 3.63) is 69.2 Å². The van der Waals surface area contributed by atoms with Crippen molar-refractivity contribution in [1.29, 1.82) is 0 Å². The molecule has 2 aromatic carbocycles. The lowest BCUT2D eigenvalue weighted by Gasteiger charge is -2.26. The topological polar surface area (TPSA) is 21.3 Å². The predicted molar refractivity (Wildman–Crippen MR) is 87.0 cm³/mol. The number of hydrogen-bond donors (Lipinski definition) is 1. The Bertz CT molecular complexity index is 630. The van der Waals surface area contributed by atoms with Gasteiger partial charge in [0.25, 0.3) is 0 Å². The molecule has 1 aliphatic heterocycles. The van der Waals surface area contributed by atoms with Crippen molar-refractivity contribution in [2.24, 2.45) is 0 Å². The number of hydrogen-bond acceptors (Lipinski definition) is 2. The van der Waals surface area contributed by atoms with E-state index < -0.39 is 0 Å². The van der Waals surface area contributed by atoms with Crippen LogP contribution in [0, 0.1) is 0 Å². The van der Waals surface area contributed by atoms with Crippen LogP contribution in [0.2, 0.25) is 10.0 Å². The van der Waals surface area contributed by atoms with E-state index in [4.69, 9.17) is 27.9 Å². The summed E-state index contributed by atoms with van der Waals surface area (Å²) in [4.78, 5) is 0. The van der Waals surface area contributed by atoms with Crippen LogP contribution < -0.4 is 5.32 Å². The minimum absolute atomic E-state index is 0.251. The predicted octanol–water partition coefficient (Wildman–Crippen LogP) is 4.40. The zero-order chi connectivity index (χ0) is 14.7. The van der Waals surface area contributed by atoms with Gasteiger partial charge < -0.3 is 10.1 Å². The Labute approximate surface area is 135 Å². The summed E-state index contributed by atoms with van der Waals surface area (Å²) in [5.41, 5.74) is 3.72. The summed E-state index contributed by atoms with van der Waals surface area (Å²) in [7, 11) is 0. The molecule has 2 nitrogen and oxygen atoms in total. The second-order valence-corrected chi connectivity index (χ2v) is 6.05. The maximum absolute atomic E-state index is 6.20. The third kappa shape index (κ3) is 3.58. The largest absolute Gasteiger partial charge is 0.375 e. The van der Waals surface area contributed by atoms with Gasteiger partial charge in [-0.25, -0.2) is 0 Å². The Balaban J connectivity index is 1.61. The van der Waals surface area contributed by atoms with Gasteiger partial charge >= 0.3 is 0 Å². The Kier molecular flexibility index (Phi) is 4.81. The number of nitrogens with one attached hydrogen (secondary N) is 1. The van der Waals surface area contributed by atoms with Gasteiger partial charge in [0.15, 0.2) is 0 Å². The monoisotopic (exact) mass is 321 g/mol. The van der Waals surface area contributed by atoms with Gasteiger partial charge in [-0.3, -0.25) is 0 Å². The summed E-state index contributed by atoms with van der Waals surface area (Å²) in [6.07, 6.45) is 0.870. The molecule has 110 valence electrons. The Morgan fingerprint density at radius 3 is 2.86 bits per heavy atom. The van der Waals surface area contributed by atoms with Gasteiger partial charge in [-0.1, -0.05) is 53.5 Å². The first-order valence-corrected chi connectivity index (χ1v) is 7.82. The van der Waals surface area contributed by atoms with Gasteiger partial charge in [0.1, 0.15) is 0 Å². The molecule has 0 radical (unpaired) electrons. The maximum atomic E-state index is 6.20. The molecule has 1 aliphatic rings. The lowest BCUT2D eigenvalue weighted by Crippen LogP contribution is -2.31. The molecule has 2 aromatic rings. The summed E-state index contributed by atoms with van der Waals surface area (Å²) in [5, 5.41) is 4.95. The van der Waals surface area contributed by atoms with Gasteiger partial charge in [-0.15, -0.1) is 0 Å². The van der Waals surface area contributed by atoms with Crippen molar-refractivity contribution in [3.63, 3.8) is 0 Å². The fourth-order valence-electron chi connectivity index (χ4n) is 2.66. The van der Waals surface area contributed by atoms with Crippen LogP contribution in [0.15, 0.2) is 42.5 Å². The number of fused-ring (bicyclic) bond motifs is 1. The second kappa shape index (κ2) is 6.80. The van der Waals surface area contributed by atoms with Crippen molar-refractivity contribution in [2.45, 2.75) is 19.1 Å². The van der Waals surface area contributed by atoms with E-state index in [0.29, 0.717) is 18.2 Å². The first kappa shape index (κ1) is 14.9. The highest BCUT2D eigenvalue weighted by Crippen LogP contribution is 2.25. The minimum Gasteiger partial charge on any atom is -0.375 e. The van der Waals surface area contributed by atoms with E-state index in [0.717, 1.165) is 23.6 Å². The van der Waals surface area contributed by atoms with Gasteiger partial charge in [-0.05, 0) is 41.8 Å². The molecule has 0 fully saturated rings. The molecule has 0 bridgehead atoms. The first-order valence-electron chi connectivity index (χ1n) is 7.07. The van der Waals surface area contributed by atoms with E-state index in [2.05, 4.69) is 29.6 Å². The summed E-state index contributed by atoms with van der Waals surface area (Å²) < 4.78 is 5.64. The normalized spacial score (nSPS) is 17.5. The van der Waals surface area contributed by atoms with Crippen molar-refractivity contribution >= 4 is 23.2 Å². The van der Waals surface area contributed by atoms with E-state index in [9.17, 15) is 0 Å². The SMILES string of the molecule is Clc1ccc(CCNC2COCc3ccccc32)c(Cl)c1. The molecule has 0 saturated heterocycles. The highest BCUT2D eigenvalue weighted by atomic mass is 35.5. The molecule has 0 saturated carbocycles. The van der Waals surface area contributed by atoms with Crippen LogP contribution in [-0.2, 0) is 17.8 Å². The molecule has 3 rings (SSSR count). The van der Waals surface area contributed by atoms with Gasteiger partial charge in [0, 0.05) is 10.0 Å². The van der Waals surface area contributed by atoms with Crippen LogP contribution in [-0.4, -0.2) is 13.2 Å². The highest BCUT2D eigenvalue weighted by molar-refractivity contribution is 6.35. The van der Waals surface area contributed by atoms with Gasteiger partial charge in [0.2, 0.25) is 0 Å². The third-order valence-electron chi connectivity index (χ3n) is 3.77. The van der Waals surface area contributed by atoms with Gasteiger partial charge in [-0.2, -0.15) is 0 Å². The Hall–Kier alpha value is -1.06. The molecule has 21 heavy (non-hydrogen) atoms. The molecule has 0 amide bonds. The zero-order valence-electron chi connectivity index (χ0n) is 11.6. The summed E-state index contributed by atoms with van der Waals surface area (Å²) in [6, 6.07) is 14.3. The third-order valence-corrected chi connectivity index (χ3v) is 4.36. The Morgan fingerprint density at radius 2 is 2.00 bits per heavy atom. The van der Waals surface area contributed by atoms with E-state index in [1.165, 1.54) is 11.1 Å². The number of halogens is 2. The first-order chi connectivity index (χ1) is 10.2. The molecule has 0 aromatic heterocycles. The quantitative estimate of drug-likeness (QED) is 0.901. The summed E-state index contributed by atoms with van der Waals surface area (Å²) >= 11 is 12.1. The van der Waals surface area contributed by atoms with E-state index in [1.54, 1.807) is 6.07 Å². The number of ether oxygens (including phenoxy) is 1. The summed E-state index contributed by atoms with van der Waals surface area (Å²) in [6.45, 7) is 2.27. The van der Waals surface area contributed by atoms with Crippen LogP contribution in [0.25, 0.3) is 0 Å². The fraction of sp³-hybridized carbons (Fsp3) is 0.294. The second-order valence-electron chi connectivity index (χ2n) is 5.21. The van der Waals surface area contributed by atoms with Crippen LogP contribution in [0.1, 0.15) is 22.7 Å². The smallest absolute Gasteiger partial charge is 0.0721 e. The molecule has 4 heteroatoms. The molecule has 1 unspecified atom stereocenters. The highest BCUT2D eigenvalue weighted by Gasteiger charge is 2.19.